The van der Waals surface area contributed by atoms with Gasteiger partial charge in [0.25, 0.3) is 0 Å². The van der Waals surface area contributed by atoms with Gasteiger partial charge in [0.1, 0.15) is 0 Å². The van der Waals surface area contributed by atoms with Crippen LogP contribution >= 0.6 is 0 Å². The van der Waals surface area contributed by atoms with E-state index in [-0.39, 0.29) is 6.04 Å². The molecule has 2 atom stereocenters. The molecule has 0 saturated heterocycles. The molecule has 0 heterocycles. The fourth-order valence-corrected chi connectivity index (χ4v) is 2.86. The average Bonchev–Trinajstić information content (AvgIpc) is 2.39. The molecule has 2 N–H and O–H groups in total. The molecule has 86 valence electrons. The van der Waals surface area contributed by atoms with Crippen molar-refractivity contribution in [3.8, 4) is 0 Å². The maximum atomic E-state index is 6.18. The van der Waals surface area contributed by atoms with E-state index >= 15 is 0 Å². The average molecular weight is 223 g/mol. The highest BCUT2D eigenvalue weighted by atomic mass is 14.6. The molecule has 1 aliphatic carbocycles. The second kappa shape index (κ2) is 4.34. The topological polar surface area (TPSA) is 26.0 Å². The highest BCUT2D eigenvalue weighted by Gasteiger charge is 2.25. The van der Waals surface area contributed by atoms with Gasteiger partial charge in [-0.1, -0.05) is 54.6 Å². The highest BCUT2D eigenvalue weighted by Crippen LogP contribution is 2.35. The monoisotopic (exact) mass is 223 g/mol. The Balaban J connectivity index is 2.07. The molecule has 0 aromatic heterocycles. The van der Waals surface area contributed by atoms with E-state index in [9.17, 15) is 0 Å². The van der Waals surface area contributed by atoms with Crippen LogP contribution in [0.2, 0.25) is 0 Å². The van der Waals surface area contributed by atoms with E-state index in [0.717, 1.165) is 12.8 Å². The minimum absolute atomic E-state index is 0.287. The molecular formula is C16H17N. The predicted molar refractivity (Wildman–Crippen MR) is 71.0 cm³/mol. The lowest BCUT2D eigenvalue weighted by Gasteiger charge is -2.30. The van der Waals surface area contributed by atoms with Crippen LogP contribution in [0.15, 0.2) is 54.6 Å². The van der Waals surface area contributed by atoms with E-state index in [1.807, 2.05) is 0 Å². The molecule has 0 radical (unpaired) electrons. The maximum absolute atomic E-state index is 6.18. The largest absolute Gasteiger partial charge is 0.327 e. The molecule has 0 fully saturated rings. The van der Waals surface area contributed by atoms with Gasteiger partial charge in [0, 0.05) is 12.0 Å². The molecule has 0 amide bonds. The van der Waals surface area contributed by atoms with Crippen molar-refractivity contribution >= 4 is 0 Å². The van der Waals surface area contributed by atoms with Crippen LogP contribution in [0.4, 0.5) is 0 Å². The molecule has 0 unspecified atom stereocenters. The zero-order valence-corrected chi connectivity index (χ0v) is 9.84. The Morgan fingerprint density at radius 3 is 2.41 bits per heavy atom. The Morgan fingerprint density at radius 1 is 0.882 bits per heavy atom. The summed E-state index contributed by atoms with van der Waals surface area (Å²) in [5, 5.41) is 0. The number of nitrogens with two attached hydrogens (primary N) is 1. The van der Waals surface area contributed by atoms with Crippen molar-refractivity contribution < 1.29 is 0 Å². The third-order valence-electron chi connectivity index (χ3n) is 3.65. The normalized spacial score (nSPS) is 23.1. The number of hydrogen-bond acceptors (Lipinski definition) is 1. The first-order valence-electron chi connectivity index (χ1n) is 6.23. The van der Waals surface area contributed by atoms with Crippen molar-refractivity contribution in [1.29, 1.82) is 0 Å². The third kappa shape index (κ3) is 1.98. The summed E-state index contributed by atoms with van der Waals surface area (Å²) < 4.78 is 0. The Hall–Kier alpha value is -1.60. The lowest BCUT2D eigenvalue weighted by molar-refractivity contribution is 0.531. The van der Waals surface area contributed by atoms with E-state index in [4.69, 9.17) is 5.73 Å². The van der Waals surface area contributed by atoms with Crippen LogP contribution < -0.4 is 5.73 Å². The van der Waals surface area contributed by atoms with Crippen molar-refractivity contribution in [3.05, 3.63) is 71.3 Å². The molecule has 17 heavy (non-hydrogen) atoms. The SMILES string of the molecule is N[C@H]1Cc2ccccc2[C@H](c2ccccc2)C1. The molecule has 0 bridgehead atoms. The van der Waals surface area contributed by atoms with Crippen LogP contribution in [0.5, 0.6) is 0 Å². The van der Waals surface area contributed by atoms with Gasteiger partial charge in [-0.25, -0.2) is 0 Å². The summed E-state index contributed by atoms with van der Waals surface area (Å²) >= 11 is 0. The van der Waals surface area contributed by atoms with Crippen LogP contribution in [0.3, 0.4) is 0 Å². The number of fused-ring (bicyclic) bond motifs is 1. The van der Waals surface area contributed by atoms with Gasteiger partial charge < -0.3 is 5.73 Å². The Labute approximate surface area is 102 Å². The predicted octanol–water partition coefficient (Wildman–Crippen LogP) is 3.09. The molecule has 2 aromatic carbocycles. The van der Waals surface area contributed by atoms with E-state index < -0.39 is 0 Å². The Bertz CT molecular complexity index is 504. The number of rotatable bonds is 1. The van der Waals surface area contributed by atoms with Crippen LogP contribution in [0, 0.1) is 0 Å². The smallest absolute Gasteiger partial charge is 0.0107 e. The first kappa shape index (κ1) is 10.5. The first-order valence-corrected chi connectivity index (χ1v) is 6.23. The van der Waals surface area contributed by atoms with Gasteiger partial charge in [-0.15, -0.1) is 0 Å². The van der Waals surface area contributed by atoms with Gasteiger partial charge in [-0.05, 0) is 29.5 Å². The lowest BCUT2D eigenvalue weighted by atomic mass is 9.77. The van der Waals surface area contributed by atoms with Crippen molar-refractivity contribution in [2.75, 3.05) is 0 Å². The maximum Gasteiger partial charge on any atom is 0.0107 e. The van der Waals surface area contributed by atoms with Crippen LogP contribution in [-0.4, -0.2) is 6.04 Å². The summed E-state index contributed by atoms with van der Waals surface area (Å²) in [4.78, 5) is 0. The lowest BCUT2D eigenvalue weighted by Crippen LogP contribution is -2.30. The minimum Gasteiger partial charge on any atom is -0.327 e. The van der Waals surface area contributed by atoms with Gasteiger partial charge >= 0.3 is 0 Å². The zero-order valence-electron chi connectivity index (χ0n) is 9.84. The highest BCUT2D eigenvalue weighted by molar-refractivity contribution is 5.40. The van der Waals surface area contributed by atoms with E-state index in [0.29, 0.717) is 5.92 Å². The molecule has 3 rings (SSSR count). The fraction of sp³-hybridized carbons (Fsp3) is 0.250. The molecular weight excluding hydrogens is 206 g/mol. The Morgan fingerprint density at radius 2 is 1.59 bits per heavy atom. The summed E-state index contributed by atoms with van der Waals surface area (Å²) in [6, 6.07) is 19.7. The summed E-state index contributed by atoms with van der Waals surface area (Å²) in [6.07, 6.45) is 2.07. The van der Waals surface area contributed by atoms with Crippen molar-refractivity contribution in [2.24, 2.45) is 5.73 Å². The quantitative estimate of drug-likeness (QED) is 0.790. The summed E-state index contributed by atoms with van der Waals surface area (Å²) in [5.41, 5.74) is 10.4. The summed E-state index contributed by atoms with van der Waals surface area (Å²) in [6.45, 7) is 0. The Kier molecular flexibility index (Phi) is 2.69. The summed E-state index contributed by atoms with van der Waals surface area (Å²) in [7, 11) is 0. The summed E-state index contributed by atoms with van der Waals surface area (Å²) in [5.74, 6) is 0.469. The molecule has 1 nitrogen and oxygen atoms in total. The van der Waals surface area contributed by atoms with Gasteiger partial charge in [-0.3, -0.25) is 0 Å². The minimum atomic E-state index is 0.287. The van der Waals surface area contributed by atoms with Crippen molar-refractivity contribution in [1.82, 2.24) is 0 Å². The molecule has 1 heteroatoms. The fourth-order valence-electron chi connectivity index (χ4n) is 2.86. The van der Waals surface area contributed by atoms with Crippen molar-refractivity contribution in [3.63, 3.8) is 0 Å². The molecule has 0 spiro atoms. The molecule has 2 aromatic rings. The second-order valence-electron chi connectivity index (χ2n) is 4.86. The van der Waals surface area contributed by atoms with Gasteiger partial charge in [-0.2, -0.15) is 0 Å². The van der Waals surface area contributed by atoms with Gasteiger partial charge in [0.2, 0.25) is 0 Å². The van der Waals surface area contributed by atoms with Crippen LogP contribution in [0.25, 0.3) is 0 Å². The number of benzene rings is 2. The molecule has 0 saturated carbocycles. The van der Waals surface area contributed by atoms with Crippen LogP contribution in [-0.2, 0) is 6.42 Å². The van der Waals surface area contributed by atoms with Crippen molar-refractivity contribution in [2.45, 2.75) is 24.8 Å². The second-order valence-corrected chi connectivity index (χ2v) is 4.86. The van der Waals surface area contributed by atoms with Gasteiger partial charge in [0.05, 0.1) is 0 Å². The standard InChI is InChI=1S/C16H17N/c17-14-10-13-8-4-5-9-15(13)16(11-14)12-6-2-1-3-7-12/h1-9,14,16H,10-11,17H2/t14-,16-/m0/s1. The van der Waals surface area contributed by atoms with E-state index in [1.54, 1.807) is 0 Å². The zero-order chi connectivity index (χ0) is 11.7. The van der Waals surface area contributed by atoms with Gasteiger partial charge in [0.15, 0.2) is 0 Å². The van der Waals surface area contributed by atoms with E-state index in [1.165, 1.54) is 16.7 Å². The van der Waals surface area contributed by atoms with E-state index in [2.05, 4.69) is 54.6 Å². The van der Waals surface area contributed by atoms with Crippen LogP contribution in [0.1, 0.15) is 29.0 Å². The molecule has 1 aliphatic rings. The first-order chi connectivity index (χ1) is 8.34. The number of hydrogen-bond donors (Lipinski definition) is 1. The third-order valence-corrected chi connectivity index (χ3v) is 3.65. The molecule has 0 aliphatic heterocycles.